The van der Waals surface area contributed by atoms with E-state index in [-0.39, 0.29) is 16.3 Å². The summed E-state index contributed by atoms with van der Waals surface area (Å²) in [5.74, 6) is 0. The molecule has 0 unspecified atom stereocenters. The Kier molecular flexibility index (Phi) is 4.71. The fraction of sp³-hybridized carbons (Fsp3) is 0.172. The Morgan fingerprint density at radius 3 is 2.31 bits per heavy atom. The van der Waals surface area contributed by atoms with E-state index in [1.54, 1.807) is 35.6 Å². The minimum Gasteiger partial charge on any atom is -0.236 e. The molecule has 0 atom stereocenters. The topological polar surface area (TPSA) is 25.8 Å². The molecule has 6 rings (SSSR count). The summed E-state index contributed by atoms with van der Waals surface area (Å²) in [6.45, 7) is 6.45. The lowest BCUT2D eigenvalue weighted by atomic mass is 9.82. The Bertz CT molecular complexity index is 1780. The van der Waals surface area contributed by atoms with E-state index in [1.165, 1.54) is 17.1 Å². The molecule has 0 bridgehead atoms. The maximum atomic E-state index is 14.3. The zero-order chi connectivity index (χ0) is 24.5. The van der Waals surface area contributed by atoms with Crippen LogP contribution in [-0.2, 0) is 11.6 Å². The first-order valence-corrected chi connectivity index (χ1v) is 12.2. The molecule has 0 saturated carbocycles. The molecule has 6 aromatic rings. The van der Waals surface area contributed by atoms with Gasteiger partial charge in [0.2, 0.25) is 0 Å². The van der Waals surface area contributed by atoms with Gasteiger partial charge in [-0.25, -0.2) is 9.97 Å². The second-order valence-electron chi connectivity index (χ2n) is 9.89. The third kappa shape index (κ3) is 3.55. The van der Waals surface area contributed by atoms with Crippen LogP contribution in [0.2, 0.25) is 0 Å². The van der Waals surface area contributed by atoms with Crippen molar-refractivity contribution in [2.75, 3.05) is 0 Å². The fourth-order valence-corrected chi connectivity index (χ4v) is 5.77. The Balaban J connectivity index is 1.73. The molecule has 0 spiro atoms. The predicted octanol–water partition coefficient (Wildman–Crippen LogP) is 9.13. The molecule has 35 heavy (non-hydrogen) atoms. The second kappa shape index (κ2) is 7.49. The van der Waals surface area contributed by atoms with E-state index in [9.17, 15) is 13.2 Å². The van der Waals surface area contributed by atoms with Crippen LogP contribution >= 0.6 is 11.3 Å². The first-order chi connectivity index (χ1) is 16.6. The van der Waals surface area contributed by atoms with Gasteiger partial charge in [0.1, 0.15) is 6.33 Å². The molecule has 2 nitrogen and oxygen atoms in total. The average Bonchev–Trinajstić information content (AvgIpc) is 3.25. The lowest BCUT2D eigenvalue weighted by Gasteiger charge is -2.23. The van der Waals surface area contributed by atoms with Crippen LogP contribution in [0.25, 0.3) is 53.8 Å². The van der Waals surface area contributed by atoms with Gasteiger partial charge in [0.15, 0.2) is 0 Å². The summed E-state index contributed by atoms with van der Waals surface area (Å²) in [7, 11) is 0. The van der Waals surface area contributed by atoms with Crippen molar-refractivity contribution in [3.05, 3.63) is 83.5 Å². The summed E-state index contributed by atoms with van der Waals surface area (Å²) in [6, 6.07) is 18.9. The van der Waals surface area contributed by atoms with E-state index in [1.807, 2.05) is 6.07 Å². The number of hydrogen-bond donors (Lipinski definition) is 0. The number of hydrogen-bond acceptors (Lipinski definition) is 3. The van der Waals surface area contributed by atoms with E-state index >= 15 is 0 Å². The van der Waals surface area contributed by atoms with Gasteiger partial charge in [-0.1, -0.05) is 45.0 Å². The molecule has 0 radical (unpaired) electrons. The van der Waals surface area contributed by atoms with Crippen LogP contribution in [0.5, 0.6) is 0 Å². The van der Waals surface area contributed by atoms with E-state index in [0.717, 1.165) is 27.3 Å². The van der Waals surface area contributed by atoms with Crippen molar-refractivity contribution in [2.45, 2.75) is 32.4 Å². The first kappa shape index (κ1) is 22.0. The molecule has 0 aliphatic heterocycles. The summed E-state index contributed by atoms with van der Waals surface area (Å²) in [5.41, 5.74) is 1.45. The van der Waals surface area contributed by atoms with Crippen LogP contribution in [0.4, 0.5) is 13.2 Å². The van der Waals surface area contributed by atoms with Gasteiger partial charge in [-0.3, -0.25) is 0 Å². The minimum atomic E-state index is -4.55. The zero-order valence-electron chi connectivity index (χ0n) is 19.4. The van der Waals surface area contributed by atoms with Gasteiger partial charge in [-0.2, -0.15) is 13.2 Å². The van der Waals surface area contributed by atoms with Gasteiger partial charge in [-0.15, -0.1) is 11.3 Å². The van der Waals surface area contributed by atoms with Crippen molar-refractivity contribution in [3.8, 4) is 11.3 Å². The molecule has 0 aliphatic rings. The second-order valence-corrected chi connectivity index (χ2v) is 10.8. The third-order valence-corrected chi connectivity index (χ3v) is 7.42. The number of thiophene rings is 1. The summed E-state index contributed by atoms with van der Waals surface area (Å²) >= 11 is 1.70. The molecule has 4 aromatic carbocycles. The maximum absolute atomic E-state index is 14.3. The fourth-order valence-electron chi connectivity index (χ4n) is 4.96. The highest BCUT2D eigenvalue weighted by atomic mass is 32.1. The molecule has 0 aliphatic carbocycles. The Morgan fingerprint density at radius 1 is 0.743 bits per heavy atom. The van der Waals surface area contributed by atoms with Crippen molar-refractivity contribution in [2.24, 2.45) is 0 Å². The van der Waals surface area contributed by atoms with Crippen LogP contribution in [0.3, 0.4) is 0 Å². The Labute approximate surface area is 204 Å². The van der Waals surface area contributed by atoms with E-state index in [0.29, 0.717) is 16.5 Å². The van der Waals surface area contributed by atoms with Gasteiger partial charge in [0, 0.05) is 15.6 Å². The van der Waals surface area contributed by atoms with Gasteiger partial charge >= 0.3 is 6.18 Å². The number of fused-ring (bicyclic) bond motifs is 4. The van der Waals surface area contributed by atoms with Crippen LogP contribution in [-0.4, -0.2) is 9.97 Å². The van der Waals surface area contributed by atoms with Crippen LogP contribution in [0.15, 0.2) is 72.4 Å². The molecule has 174 valence electrons. The Hall–Kier alpha value is -3.51. The Morgan fingerprint density at radius 2 is 1.54 bits per heavy atom. The first-order valence-electron chi connectivity index (χ1n) is 11.3. The molecule has 2 aromatic heterocycles. The van der Waals surface area contributed by atoms with Crippen molar-refractivity contribution >= 4 is 53.9 Å². The van der Waals surface area contributed by atoms with Crippen molar-refractivity contribution in [1.82, 2.24) is 9.97 Å². The zero-order valence-corrected chi connectivity index (χ0v) is 20.2. The number of nitrogens with zero attached hydrogens (tertiary/aromatic N) is 2. The summed E-state index contributed by atoms with van der Waals surface area (Å²) in [4.78, 5) is 8.63. The average molecular weight is 487 g/mol. The lowest BCUT2D eigenvalue weighted by molar-refractivity contribution is -0.135. The molecule has 0 amide bonds. The monoisotopic (exact) mass is 486 g/mol. The highest BCUT2D eigenvalue weighted by Crippen LogP contribution is 2.43. The standard InChI is InChI=1S/C29H21F3N2S/c1-28(2,3)23-13-19(11-18-10-17-8-9-35-24(17)14-21(18)23)26-22-12-16-6-4-5-7-20(16)25(29(30,31)32)27(22)34-15-33-26/h4-15H,1-3H3. The van der Waals surface area contributed by atoms with Gasteiger partial charge < -0.3 is 0 Å². The molecule has 0 fully saturated rings. The van der Waals surface area contributed by atoms with Gasteiger partial charge in [0.25, 0.3) is 0 Å². The molecule has 6 heteroatoms. The van der Waals surface area contributed by atoms with Crippen molar-refractivity contribution in [3.63, 3.8) is 0 Å². The van der Waals surface area contributed by atoms with Crippen LogP contribution in [0, 0.1) is 0 Å². The van der Waals surface area contributed by atoms with Crippen LogP contribution < -0.4 is 0 Å². The summed E-state index contributed by atoms with van der Waals surface area (Å²) in [5, 5.41) is 6.47. The normalized spacial score (nSPS) is 12.9. The maximum Gasteiger partial charge on any atom is 0.419 e. The molecular weight excluding hydrogens is 465 g/mol. The number of rotatable bonds is 1. The number of benzene rings is 4. The molecule has 0 N–H and O–H groups in total. The molecular formula is C29H21F3N2S. The van der Waals surface area contributed by atoms with Crippen molar-refractivity contribution < 1.29 is 13.2 Å². The highest BCUT2D eigenvalue weighted by molar-refractivity contribution is 7.17. The number of halogens is 3. The number of alkyl halides is 3. The summed E-state index contributed by atoms with van der Waals surface area (Å²) in [6.07, 6.45) is -3.31. The predicted molar refractivity (Wildman–Crippen MR) is 139 cm³/mol. The van der Waals surface area contributed by atoms with E-state index < -0.39 is 11.7 Å². The van der Waals surface area contributed by atoms with Gasteiger partial charge in [0.05, 0.1) is 16.8 Å². The highest BCUT2D eigenvalue weighted by Gasteiger charge is 2.36. The van der Waals surface area contributed by atoms with E-state index in [4.69, 9.17) is 0 Å². The minimum absolute atomic E-state index is 0.0770. The summed E-state index contributed by atoms with van der Waals surface area (Å²) < 4.78 is 44.0. The SMILES string of the molecule is CC(C)(C)c1cc(-c2ncnc3c(C(F)(F)F)c4ccccc4cc23)cc2cc3ccsc3cc12. The lowest BCUT2D eigenvalue weighted by Crippen LogP contribution is -2.12. The smallest absolute Gasteiger partial charge is 0.236 e. The largest absolute Gasteiger partial charge is 0.419 e. The van der Waals surface area contributed by atoms with Crippen LogP contribution in [0.1, 0.15) is 31.9 Å². The van der Waals surface area contributed by atoms with E-state index in [2.05, 4.69) is 60.4 Å². The third-order valence-electron chi connectivity index (χ3n) is 6.54. The van der Waals surface area contributed by atoms with Crippen molar-refractivity contribution in [1.29, 1.82) is 0 Å². The number of aromatic nitrogens is 2. The quantitative estimate of drug-likeness (QED) is 0.217. The van der Waals surface area contributed by atoms with Gasteiger partial charge in [-0.05, 0) is 79.7 Å². The molecule has 2 heterocycles. The molecule has 0 saturated heterocycles.